The van der Waals surface area contributed by atoms with E-state index in [2.05, 4.69) is 4.72 Å². The lowest BCUT2D eigenvalue weighted by Crippen LogP contribution is -2.34. The monoisotopic (exact) mass is 331 g/mol. The molecule has 0 aliphatic carbocycles. The molecule has 0 amide bonds. The van der Waals surface area contributed by atoms with Crippen molar-refractivity contribution in [2.75, 3.05) is 0 Å². The Morgan fingerprint density at radius 2 is 2.15 bits per heavy atom. The summed E-state index contributed by atoms with van der Waals surface area (Å²) in [5, 5.41) is 13.0. The molecule has 0 saturated carbocycles. The van der Waals surface area contributed by atoms with Crippen molar-refractivity contribution in [3.8, 4) is 0 Å². The van der Waals surface area contributed by atoms with Gasteiger partial charge in [-0.2, -0.15) is 0 Å². The van der Waals surface area contributed by atoms with Gasteiger partial charge in [-0.05, 0) is 42.7 Å². The summed E-state index contributed by atoms with van der Waals surface area (Å²) in [4.78, 5) is 1.85. The molecule has 110 valence electrons. The van der Waals surface area contributed by atoms with Crippen molar-refractivity contribution in [1.82, 2.24) is 4.72 Å². The van der Waals surface area contributed by atoms with Crippen molar-refractivity contribution in [2.45, 2.75) is 37.8 Å². The second-order valence-corrected chi connectivity index (χ2v) is 8.28. The summed E-state index contributed by atoms with van der Waals surface area (Å²) >= 11 is 2.88. The highest BCUT2D eigenvalue weighted by Crippen LogP contribution is 2.27. The summed E-state index contributed by atoms with van der Waals surface area (Å²) in [6.07, 6.45) is 0.661. The minimum Gasteiger partial charge on any atom is -0.391 e. The molecule has 0 fully saturated rings. The number of nitrogens with one attached hydrogen (secondary N) is 1. The summed E-state index contributed by atoms with van der Waals surface area (Å²) in [6, 6.07) is 3.75. The molecule has 1 unspecified atom stereocenters. The zero-order valence-electron chi connectivity index (χ0n) is 11.3. The van der Waals surface area contributed by atoms with E-state index in [1.807, 2.05) is 24.4 Å². The van der Waals surface area contributed by atoms with Crippen LogP contribution in [-0.4, -0.2) is 19.6 Å². The average molecular weight is 331 g/mol. The van der Waals surface area contributed by atoms with E-state index in [-0.39, 0.29) is 17.5 Å². The van der Waals surface area contributed by atoms with Crippen molar-refractivity contribution >= 4 is 32.7 Å². The van der Waals surface area contributed by atoms with Crippen LogP contribution in [0, 0.1) is 6.92 Å². The number of aliphatic hydroxyl groups excluding tert-OH is 1. The molecule has 0 spiro atoms. The maximum atomic E-state index is 12.4. The van der Waals surface area contributed by atoms with Crippen LogP contribution >= 0.6 is 22.7 Å². The predicted octanol–water partition coefficient (Wildman–Crippen LogP) is 2.52. The summed E-state index contributed by atoms with van der Waals surface area (Å²) in [7, 11) is -3.59. The molecule has 1 atom stereocenters. The van der Waals surface area contributed by atoms with Gasteiger partial charge >= 0.3 is 0 Å². The molecular weight excluding hydrogens is 314 g/mol. The Kier molecular flexibility index (Phi) is 4.98. The highest BCUT2D eigenvalue weighted by molar-refractivity contribution is 7.89. The summed E-state index contributed by atoms with van der Waals surface area (Å²) in [5.41, 5.74) is 0.676. The average Bonchev–Trinajstić information content (AvgIpc) is 2.97. The Labute approximate surface area is 127 Å². The van der Waals surface area contributed by atoms with Gasteiger partial charge in [-0.1, -0.05) is 6.07 Å². The number of thiophene rings is 2. The minimum atomic E-state index is -3.59. The van der Waals surface area contributed by atoms with Crippen molar-refractivity contribution in [1.29, 1.82) is 0 Å². The van der Waals surface area contributed by atoms with Gasteiger partial charge in [0.25, 0.3) is 0 Å². The number of rotatable bonds is 6. The van der Waals surface area contributed by atoms with E-state index in [9.17, 15) is 13.5 Å². The lowest BCUT2D eigenvalue weighted by atomic mass is 10.2. The van der Waals surface area contributed by atoms with E-state index in [0.29, 0.717) is 16.9 Å². The van der Waals surface area contributed by atoms with Crippen LogP contribution < -0.4 is 4.72 Å². The summed E-state index contributed by atoms with van der Waals surface area (Å²) in [5.74, 6) is 0. The molecule has 0 saturated heterocycles. The molecule has 2 aromatic heterocycles. The smallest absolute Gasteiger partial charge is 0.242 e. The first-order valence-electron chi connectivity index (χ1n) is 6.16. The van der Waals surface area contributed by atoms with E-state index in [1.165, 1.54) is 11.3 Å². The molecule has 0 bridgehead atoms. The Hall–Kier alpha value is -0.730. The summed E-state index contributed by atoms with van der Waals surface area (Å²) in [6.45, 7) is 3.33. The Balaban J connectivity index is 2.16. The summed E-state index contributed by atoms with van der Waals surface area (Å²) < 4.78 is 27.5. The van der Waals surface area contributed by atoms with Gasteiger partial charge in [0, 0.05) is 10.9 Å². The van der Waals surface area contributed by atoms with Gasteiger partial charge < -0.3 is 5.11 Å². The van der Waals surface area contributed by atoms with E-state index >= 15 is 0 Å². The molecule has 20 heavy (non-hydrogen) atoms. The highest BCUT2D eigenvalue weighted by atomic mass is 32.2. The molecule has 0 aromatic carbocycles. The highest BCUT2D eigenvalue weighted by Gasteiger charge is 2.24. The van der Waals surface area contributed by atoms with Crippen LogP contribution in [0.15, 0.2) is 27.8 Å². The number of aryl methyl sites for hydroxylation is 1. The SMILES string of the molecule is Cc1csc(CO)c1S(=O)(=O)NC(C)Cc1cccs1. The topological polar surface area (TPSA) is 66.4 Å². The molecule has 0 aliphatic rings. The van der Waals surface area contributed by atoms with Gasteiger partial charge in [0.1, 0.15) is 4.90 Å². The second kappa shape index (κ2) is 6.36. The normalized spacial score (nSPS) is 13.6. The zero-order valence-corrected chi connectivity index (χ0v) is 13.7. The first-order chi connectivity index (χ1) is 9.44. The maximum absolute atomic E-state index is 12.4. The molecule has 0 radical (unpaired) electrons. The fourth-order valence-electron chi connectivity index (χ4n) is 2.05. The van der Waals surface area contributed by atoms with E-state index in [0.717, 1.165) is 4.88 Å². The fourth-order valence-corrected chi connectivity index (χ4v) is 5.79. The Morgan fingerprint density at radius 1 is 1.40 bits per heavy atom. The third kappa shape index (κ3) is 3.48. The lowest BCUT2D eigenvalue weighted by Gasteiger charge is -2.14. The second-order valence-electron chi connectivity index (χ2n) is 4.63. The third-order valence-electron chi connectivity index (χ3n) is 2.85. The van der Waals surface area contributed by atoms with Crippen molar-refractivity contribution in [3.05, 3.63) is 38.2 Å². The largest absolute Gasteiger partial charge is 0.391 e. The van der Waals surface area contributed by atoms with Crippen LogP contribution in [0.25, 0.3) is 0 Å². The molecule has 4 nitrogen and oxygen atoms in total. The fraction of sp³-hybridized carbons (Fsp3) is 0.385. The Morgan fingerprint density at radius 3 is 2.75 bits per heavy atom. The molecule has 2 rings (SSSR count). The van der Waals surface area contributed by atoms with Crippen molar-refractivity contribution in [2.24, 2.45) is 0 Å². The molecule has 2 N–H and O–H groups in total. The van der Waals surface area contributed by atoms with E-state index in [1.54, 1.807) is 23.6 Å². The van der Waals surface area contributed by atoms with Gasteiger partial charge in [-0.25, -0.2) is 13.1 Å². The lowest BCUT2D eigenvalue weighted by molar-refractivity contribution is 0.282. The van der Waals surface area contributed by atoms with Crippen LogP contribution in [-0.2, 0) is 23.1 Å². The van der Waals surface area contributed by atoms with Gasteiger partial charge in [-0.3, -0.25) is 0 Å². The molecular formula is C13H17NO3S3. The van der Waals surface area contributed by atoms with Crippen molar-refractivity contribution < 1.29 is 13.5 Å². The first kappa shape index (κ1) is 15.7. The van der Waals surface area contributed by atoms with Crippen LogP contribution in [0.5, 0.6) is 0 Å². The number of aliphatic hydroxyl groups is 1. The van der Waals surface area contributed by atoms with Crippen molar-refractivity contribution in [3.63, 3.8) is 0 Å². The standard InChI is InChI=1S/C13H17NO3S3/c1-9-8-19-12(7-15)13(9)20(16,17)14-10(2)6-11-4-3-5-18-11/h3-5,8,10,14-15H,6-7H2,1-2H3. The van der Waals surface area contributed by atoms with Gasteiger partial charge in [0.15, 0.2) is 0 Å². The van der Waals surface area contributed by atoms with Crippen LogP contribution in [0.3, 0.4) is 0 Å². The molecule has 2 aromatic rings. The van der Waals surface area contributed by atoms with Gasteiger partial charge in [-0.15, -0.1) is 22.7 Å². The number of hydrogen-bond donors (Lipinski definition) is 2. The predicted molar refractivity (Wildman–Crippen MR) is 82.8 cm³/mol. The molecule has 0 aliphatic heterocycles. The van der Waals surface area contributed by atoms with E-state index < -0.39 is 10.0 Å². The number of sulfonamides is 1. The molecule has 2 heterocycles. The first-order valence-corrected chi connectivity index (χ1v) is 9.41. The van der Waals surface area contributed by atoms with Crippen LogP contribution in [0.2, 0.25) is 0 Å². The quantitative estimate of drug-likeness (QED) is 0.855. The third-order valence-corrected chi connectivity index (χ3v) is 6.78. The van der Waals surface area contributed by atoms with Crippen LogP contribution in [0.1, 0.15) is 22.2 Å². The zero-order chi connectivity index (χ0) is 14.8. The Bertz CT molecular complexity index is 659. The maximum Gasteiger partial charge on any atom is 0.242 e. The van der Waals surface area contributed by atoms with E-state index in [4.69, 9.17) is 0 Å². The number of hydrogen-bond acceptors (Lipinski definition) is 5. The molecule has 7 heteroatoms. The van der Waals surface area contributed by atoms with Gasteiger partial charge in [0.05, 0.1) is 11.5 Å². The minimum absolute atomic E-state index is 0.190. The van der Waals surface area contributed by atoms with Crippen LogP contribution in [0.4, 0.5) is 0 Å². The van der Waals surface area contributed by atoms with Gasteiger partial charge in [0.2, 0.25) is 10.0 Å².